The largest absolute Gasteiger partial charge is 0.497 e. The first-order chi connectivity index (χ1) is 9.82. The maximum Gasteiger partial charge on any atom is 0.303 e. The Morgan fingerprint density at radius 1 is 1.43 bits per heavy atom. The van der Waals surface area contributed by atoms with Gasteiger partial charge >= 0.3 is 5.97 Å². The minimum absolute atomic E-state index is 0.0578. The fourth-order valence-electron chi connectivity index (χ4n) is 2.94. The summed E-state index contributed by atoms with van der Waals surface area (Å²) in [6, 6.07) is 9.79. The summed E-state index contributed by atoms with van der Waals surface area (Å²) in [4.78, 5) is 11.2. The highest BCUT2D eigenvalue weighted by molar-refractivity contribution is 5.68. The van der Waals surface area contributed by atoms with Gasteiger partial charge in [0.2, 0.25) is 0 Å². The lowest BCUT2D eigenvalue weighted by molar-refractivity contribution is -0.140. The van der Waals surface area contributed by atoms with Gasteiger partial charge in [-0.05, 0) is 29.5 Å². The third-order valence-corrected chi connectivity index (χ3v) is 4.13. The zero-order valence-electron chi connectivity index (χ0n) is 13.1. The Bertz CT molecular complexity index is 545. The molecular formula is C17H23NO3. The highest BCUT2D eigenvalue weighted by Crippen LogP contribution is 2.47. The molecule has 4 heteroatoms. The molecule has 1 N–H and O–H groups in total. The van der Waals surface area contributed by atoms with Crippen LogP contribution in [-0.4, -0.2) is 18.2 Å². The molecule has 0 spiro atoms. The number of carboxylic acid groups (broad SMARTS) is 1. The number of nitriles is 1. The van der Waals surface area contributed by atoms with E-state index in [2.05, 4.69) is 6.07 Å². The molecule has 4 nitrogen and oxygen atoms in total. The van der Waals surface area contributed by atoms with Crippen LogP contribution in [0.15, 0.2) is 24.3 Å². The second-order valence-electron chi connectivity index (χ2n) is 5.95. The normalized spacial score (nSPS) is 14.0. The van der Waals surface area contributed by atoms with Crippen LogP contribution in [0.25, 0.3) is 0 Å². The first-order valence-electron chi connectivity index (χ1n) is 7.10. The average molecular weight is 289 g/mol. The van der Waals surface area contributed by atoms with Gasteiger partial charge in [0.05, 0.1) is 25.0 Å². The van der Waals surface area contributed by atoms with Crippen molar-refractivity contribution in [2.24, 2.45) is 5.41 Å². The summed E-state index contributed by atoms with van der Waals surface area (Å²) in [6.07, 6.45) is 1.35. The summed E-state index contributed by atoms with van der Waals surface area (Å²) in [7, 11) is 1.58. The monoisotopic (exact) mass is 289 g/mol. The van der Waals surface area contributed by atoms with Gasteiger partial charge in [-0.3, -0.25) is 4.79 Å². The van der Waals surface area contributed by atoms with Crippen molar-refractivity contribution < 1.29 is 14.6 Å². The maximum atomic E-state index is 11.2. The fourth-order valence-corrected chi connectivity index (χ4v) is 2.94. The van der Waals surface area contributed by atoms with Crippen LogP contribution in [0, 0.1) is 16.7 Å². The summed E-state index contributed by atoms with van der Waals surface area (Å²) in [5, 5.41) is 19.1. The average Bonchev–Trinajstić information content (AvgIpc) is 2.43. The minimum Gasteiger partial charge on any atom is -0.497 e. The quantitative estimate of drug-likeness (QED) is 0.829. The smallest absolute Gasteiger partial charge is 0.303 e. The number of carboxylic acids is 1. The molecule has 0 radical (unpaired) electrons. The molecule has 1 rings (SSSR count). The van der Waals surface area contributed by atoms with E-state index in [4.69, 9.17) is 4.74 Å². The molecule has 0 heterocycles. The van der Waals surface area contributed by atoms with Crippen LogP contribution in [-0.2, 0) is 10.2 Å². The highest BCUT2D eigenvalue weighted by Gasteiger charge is 2.47. The van der Waals surface area contributed by atoms with Crippen LogP contribution in [0.3, 0.4) is 0 Å². The number of nitrogens with zero attached hydrogens (tertiary/aromatic N) is 1. The molecule has 21 heavy (non-hydrogen) atoms. The van der Waals surface area contributed by atoms with E-state index in [1.165, 1.54) is 0 Å². The molecule has 0 saturated heterocycles. The van der Waals surface area contributed by atoms with E-state index >= 15 is 0 Å². The van der Waals surface area contributed by atoms with E-state index < -0.39 is 16.8 Å². The van der Waals surface area contributed by atoms with Gasteiger partial charge in [0.1, 0.15) is 5.75 Å². The van der Waals surface area contributed by atoms with Gasteiger partial charge in [-0.1, -0.05) is 39.3 Å². The summed E-state index contributed by atoms with van der Waals surface area (Å²) in [6.45, 7) is 5.70. The summed E-state index contributed by atoms with van der Waals surface area (Å²) in [5.41, 5.74) is -0.720. The van der Waals surface area contributed by atoms with Crippen molar-refractivity contribution in [1.29, 1.82) is 5.26 Å². The molecule has 1 atom stereocenters. The summed E-state index contributed by atoms with van der Waals surface area (Å²) < 4.78 is 5.24. The van der Waals surface area contributed by atoms with Crippen molar-refractivity contribution in [3.05, 3.63) is 29.8 Å². The molecule has 114 valence electrons. The Morgan fingerprint density at radius 3 is 2.57 bits per heavy atom. The molecule has 0 aromatic heterocycles. The number of methoxy groups -OCH3 is 1. The van der Waals surface area contributed by atoms with Crippen LogP contribution in [0.1, 0.15) is 45.6 Å². The molecule has 1 aromatic rings. The van der Waals surface area contributed by atoms with Crippen molar-refractivity contribution in [2.45, 2.75) is 45.4 Å². The molecule has 1 unspecified atom stereocenters. The van der Waals surface area contributed by atoms with Gasteiger partial charge in [-0.25, -0.2) is 0 Å². The molecule has 0 amide bonds. The Hall–Kier alpha value is -2.02. The predicted molar refractivity (Wildman–Crippen MR) is 81.2 cm³/mol. The maximum absolute atomic E-state index is 11.2. The number of carbonyl (C=O) groups is 1. The second kappa shape index (κ2) is 6.62. The van der Waals surface area contributed by atoms with Crippen molar-refractivity contribution >= 4 is 5.97 Å². The van der Waals surface area contributed by atoms with Crippen LogP contribution < -0.4 is 4.74 Å². The fraction of sp³-hybridized carbons (Fsp3) is 0.529. The molecule has 0 bridgehead atoms. The Labute approximate surface area is 126 Å². The van der Waals surface area contributed by atoms with E-state index in [1.54, 1.807) is 7.11 Å². The summed E-state index contributed by atoms with van der Waals surface area (Å²) >= 11 is 0. The number of benzene rings is 1. The van der Waals surface area contributed by atoms with Gasteiger partial charge in [0.15, 0.2) is 0 Å². The molecule has 0 fully saturated rings. The lowest BCUT2D eigenvalue weighted by atomic mass is 9.59. The standard InChI is InChI=1S/C17H23NO3/c1-5-9-17(12-18,16(2,3)11-15(19)20)13-7-6-8-14(10-13)21-4/h6-8,10H,5,9,11H2,1-4H3,(H,19,20). The SMILES string of the molecule is CCCC(C#N)(c1cccc(OC)c1)C(C)(C)CC(=O)O. The van der Waals surface area contributed by atoms with E-state index in [-0.39, 0.29) is 6.42 Å². The Kier molecular flexibility index (Phi) is 5.37. The van der Waals surface area contributed by atoms with Gasteiger partial charge in [0, 0.05) is 0 Å². The Balaban J connectivity index is 3.45. The molecule has 0 aliphatic carbocycles. The van der Waals surface area contributed by atoms with Crippen molar-refractivity contribution in [3.8, 4) is 11.8 Å². The van der Waals surface area contributed by atoms with Crippen LogP contribution >= 0.6 is 0 Å². The first kappa shape index (κ1) is 17.0. The molecular weight excluding hydrogens is 266 g/mol. The van der Waals surface area contributed by atoms with Gasteiger partial charge in [0.25, 0.3) is 0 Å². The molecule has 0 aliphatic heterocycles. The Morgan fingerprint density at radius 2 is 2.10 bits per heavy atom. The van der Waals surface area contributed by atoms with Crippen molar-refractivity contribution in [2.75, 3.05) is 7.11 Å². The lowest BCUT2D eigenvalue weighted by Crippen LogP contribution is -2.42. The third kappa shape index (κ3) is 3.36. The number of hydrogen-bond donors (Lipinski definition) is 1. The second-order valence-corrected chi connectivity index (χ2v) is 5.95. The van der Waals surface area contributed by atoms with Crippen LogP contribution in [0.4, 0.5) is 0 Å². The zero-order valence-corrected chi connectivity index (χ0v) is 13.1. The lowest BCUT2D eigenvalue weighted by Gasteiger charge is -2.41. The number of rotatable bonds is 7. The summed E-state index contributed by atoms with van der Waals surface area (Å²) in [5.74, 6) is -0.215. The molecule has 1 aromatic carbocycles. The van der Waals surface area contributed by atoms with E-state index in [0.717, 1.165) is 12.0 Å². The first-order valence-corrected chi connectivity index (χ1v) is 7.10. The molecule has 0 aliphatic rings. The third-order valence-electron chi connectivity index (χ3n) is 4.13. The van der Waals surface area contributed by atoms with E-state index in [0.29, 0.717) is 12.2 Å². The van der Waals surface area contributed by atoms with Gasteiger partial charge in [-0.15, -0.1) is 0 Å². The number of aliphatic carboxylic acids is 1. The number of hydrogen-bond acceptors (Lipinski definition) is 3. The van der Waals surface area contributed by atoms with E-state index in [9.17, 15) is 15.2 Å². The number of ether oxygens (including phenoxy) is 1. The van der Waals surface area contributed by atoms with Gasteiger partial charge in [-0.2, -0.15) is 5.26 Å². The van der Waals surface area contributed by atoms with Crippen LogP contribution in [0.5, 0.6) is 5.75 Å². The minimum atomic E-state index is -0.890. The van der Waals surface area contributed by atoms with Gasteiger partial charge < -0.3 is 9.84 Å². The van der Waals surface area contributed by atoms with Crippen molar-refractivity contribution in [3.63, 3.8) is 0 Å². The van der Waals surface area contributed by atoms with Crippen molar-refractivity contribution in [1.82, 2.24) is 0 Å². The predicted octanol–water partition coefficient (Wildman–Crippen LogP) is 3.76. The van der Waals surface area contributed by atoms with Crippen LogP contribution in [0.2, 0.25) is 0 Å². The topological polar surface area (TPSA) is 70.3 Å². The zero-order chi connectivity index (χ0) is 16.1. The molecule has 0 saturated carbocycles. The highest BCUT2D eigenvalue weighted by atomic mass is 16.5. The van der Waals surface area contributed by atoms with E-state index in [1.807, 2.05) is 45.0 Å².